The van der Waals surface area contributed by atoms with Gasteiger partial charge in [-0.15, -0.1) is 0 Å². The van der Waals surface area contributed by atoms with Gasteiger partial charge >= 0.3 is 0 Å². The summed E-state index contributed by atoms with van der Waals surface area (Å²) in [6.07, 6.45) is 2.41. The van der Waals surface area contributed by atoms with E-state index in [1.54, 1.807) is 0 Å². The summed E-state index contributed by atoms with van der Waals surface area (Å²) in [7, 11) is 0. The summed E-state index contributed by atoms with van der Waals surface area (Å²) in [4.78, 5) is 2.57. The topological polar surface area (TPSA) is 0 Å². The lowest BCUT2D eigenvalue weighted by Crippen LogP contribution is -2.34. The van der Waals surface area contributed by atoms with Crippen molar-refractivity contribution in [1.29, 1.82) is 0 Å². The quantitative estimate of drug-likeness (QED) is 0.130. The average Bonchev–Trinajstić information content (AvgIpc) is 4.14. The zero-order chi connectivity index (χ0) is 53.4. The maximum atomic E-state index is 2.48. The van der Waals surface area contributed by atoms with Gasteiger partial charge in [0, 0.05) is 15.2 Å². The van der Waals surface area contributed by atoms with Crippen molar-refractivity contribution in [2.45, 2.75) is 39.9 Å². The van der Waals surface area contributed by atoms with Crippen molar-refractivity contribution >= 4 is 23.4 Å². The Morgan fingerprint density at radius 2 is 0.725 bits per heavy atom. The van der Waals surface area contributed by atoms with E-state index >= 15 is 0 Å². The molecule has 0 bridgehead atoms. The van der Waals surface area contributed by atoms with E-state index in [9.17, 15) is 0 Å². The van der Waals surface area contributed by atoms with Gasteiger partial charge < -0.3 is 0 Å². The second-order valence-corrected chi connectivity index (χ2v) is 23.3. The Labute approximate surface area is 474 Å². The van der Waals surface area contributed by atoms with E-state index in [1.807, 2.05) is 11.8 Å². The second-order valence-electron chi connectivity index (χ2n) is 22.2. The van der Waals surface area contributed by atoms with E-state index in [0.29, 0.717) is 0 Å². The molecular formula is C79H56S. The Bertz CT molecular complexity index is 4310. The molecule has 1 heterocycles. The molecule has 0 unspecified atom stereocenters. The minimum Gasteiger partial charge on any atom is -0.0894 e. The normalized spacial score (nSPS) is 14.7. The fraction of sp³-hybridized carbons (Fsp3) is 0.0633. The Kier molecular flexibility index (Phi) is 11.4. The van der Waals surface area contributed by atoms with Gasteiger partial charge in [0.2, 0.25) is 0 Å². The van der Waals surface area contributed by atoms with E-state index in [-0.39, 0.29) is 5.41 Å². The molecule has 0 nitrogen and oxygen atoms in total. The first-order valence-electron chi connectivity index (χ1n) is 28.0. The molecule has 0 amide bonds. The van der Waals surface area contributed by atoms with Gasteiger partial charge in [0.1, 0.15) is 0 Å². The first kappa shape index (κ1) is 47.9. The molecule has 0 saturated carbocycles. The molecule has 0 spiro atoms. The first-order valence-corrected chi connectivity index (χ1v) is 28.8. The predicted octanol–water partition coefficient (Wildman–Crippen LogP) is 20.1. The van der Waals surface area contributed by atoms with E-state index in [1.165, 1.54) is 104 Å². The number of hydrogen-bond donors (Lipinski definition) is 0. The van der Waals surface area contributed by atoms with Gasteiger partial charge in [-0.05, 0) is 159 Å². The summed E-state index contributed by atoms with van der Waals surface area (Å²) in [5.74, 6) is 0. The fourth-order valence-corrected chi connectivity index (χ4v) is 15.3. The maximum Gasteiger partial charge on any atom is 0.0723 e. The van der Waals surface area contributed by atoms with Gasteiger partial charge in [0.05, 0.1) is 10.8 Å². The number of rotatable bonds is 9. The summed E-state index contributed by atoms with van der Waals surface area (Å²) in [6.45, 7) is 4.72. The highest BCUT2D eigenvalue weighted by Crippen LogP contribution is 2.58. The Hall–Kier alpha value is -9.27. The van der Waals surface area contributed by atoms with Gasteiger partial charge in [0.15, 0.2) is 0 Å². The van der Waals surface area contributed by atoms with Crippen LogP contribution >= 0.6 is 11.8 Å². The van der Waals surface area contributed by atoms with Crippen LogP contribution < -0.4 is 0 Å². The van der Waals surface area contributed by atoms with Crippen LogP contribution in [0.4, 0.5) is 0 Å². The van der Waals surface area contributed by atoms with Crippen molar-refractivity contribution in [2.24, 2.45) is 0 Å². The monoisotopic (exact) mass is 1040 g/mol. The molecule has 0 N–H and O–H groups in total. The van der Waals surface area contributed by atoms with Crippen LogP contribution in [-0.2, 0) is 16.2 Å². The summed E-state index contributed by atoms with van der Waals surface area (Å²) in [5, 5.41) is 0. The lowest BCUT2D eigenvalue weighted by Gasteiger charge is -2.42. The summed E-state index contributed by atoms with van der Waals surface area (Å²) >= 11 is 1.87. The largest absolute Gasteiger partial charge is 0.0894 e. The standard InChI is InChI=1S/C79H56S/c1-77(2)68-37-12-11-35-66(68)76-63(36-22-42-73(76)77)54-47-45-53(46-48-54)49-67(58-26-21-32-62(52-58)78(59-27-5-3-6-28-59)69-38-13-9-33-64(69)65-34-10-14-39-70(65)78)57-25-19-23-55(50-57)56-24-20-31-61(51-56)79(60-29-7-4-8-30-60)71-40-15-17-43-74(71)80-75-44-18-16-41-72(75)79/h3-52H,1-2H3/b67-49-. The van der Waals surface area contributed by atoms with Crippen LogP contribution in [0.2, 0.25) is 0 Å². The van der Waals surface area contributed by atoms with Crippen LogP contribution in [0.25, 0.3) is 56.2 Å². The second kappa shape index (κ2) is 19.0. The minimum absolute atomic E-state index is 0.0686. The van der Waals surface area contributed by atoms with Gasteiger partial charge in [-0.3, -0.25) is 0 Å². The van der Waals surface area contributed by atoms with Gasteiger partial charge in [-0.2, -0.15) is 0 Å². The molecule has 0 fully saturated rings. The zero-order valence-electron chi connectivity index (χ0n) is 44.8. The molecule has 80 heavy (non-hydrogen) atoms. The molecule has 1 heteroatoms. The molecule has 3 aliphatic rings. The van der Waals surface area contributed by atoms with E-state index < -0.39 is 10.8 Å². The number of hydrogen-bond acceptors (Lipinski definition) is 1. The molecule has 12 aromatic carbocycles. The summed E-state index contributed by atoms with van der Waals surface area (Å²) in [6, 6.07) is 111. The lowest BCUT2D eigenvalue weighted by molar-refractivity contribution is 0.660. The third kappa shape index (κ3) is 7.31. The molecule has 0 radical (unpaired) electrons. The summed E-state index contributed by atoms with van der Waals surface area (Å²) in [5.41, 5.74) is 26.6. The van der Waals surface area contributed by atoms with E-state index in [4.69, 9.17) is 0 Å². The first-order chi connectivity index (χ1) is 39.4. The third-order valence-electron chi connectivity index (χ3n) is 17.7. The molecular weight excluding hydrogens is 981 g/mol. The van der Waals surface area contributed by atoms with E-state index in [2.05, 4.69) is 317 Å². The zero-order valence-corrected chi connectivity index (χ0v) is 45.6. The molecule has 378 valence electrons. The molecule has 12 aromatic rings. The van der Waals surface area contributed by atoms with E-state index in [0.717, 1.165) is 27.8 Å². The van der Waals surface area contributed by atoms with Crippen LogP contribution in [0.1, 0.15) is 86.2 Å². The van der Waals surface area contributed by atoms with Crippen LogP contribution in [0, 0.1) is 0 Å². The molecule has 0 atom stereocenters. The highest BCUT2D eigenvalue weighted by atomic mass is 32.2. The number of fused-ring (bicyclic) bond motifs is 8. The van der Waals surface area contributed by atoms with Crippen molar-refractivity contribution in [2.75, 3.05) is 0 Å². The van der Waals surface area contributed by atoms with Crippen molar-refractivity contribution < 1.29 is 0 Å². The summed E-state index contributed by atoms with van der Waals surface area (Å²) < 4.78 is 0. The predicted molar refractivity (Wildman–Crippen MR) is 334 cm³/mol. The minimum atomic E-state index is -0.536. The van der Waals surface area contributed by atoms with Crippen molar-refractivity contribution in [1.82, 2.24) is 0 Å². The van der Waals surface area contributed by atoms with Gasteiger partial charge in [0.25, 0.3) is 0 Å². The van der Waals surface area contributed by atoms with Crippen LogP contribution in [0.15, 0.2) is 307 Å². The van der Waals surface area contributed by atoms with Crippen molar-refractivity contribution in [3.05, 3.63) is 370 Å². The van der Waals surface area contributed by atoms with Crippen molar-refractivity contribution in [3.8, 4) is 44.5 Å². The van der Waals surface area contributed by atoms with Gasteiger partial charge in [-0.25, -0.2) is 0 Å². The SMILES string of the molecule is CC1(C)c2ccccc2-c2c(-c3ccc(/C=C(/c4cccc(-c5cccc(C6(c7ccccc7)c7ccccc7Sc7ccccc76)c5)c4)c4cccc(C5(c6ccccc6)c6ccccc6-c6ccccc65)c4)cc3)cccc21. The molecule has 2 aliphatic carbocycles. The lowest BCUT2D eigenvalue weighted by atomic mass is 9.64. The van der Waals surface area contributed by atoms with Gasteiger partial charge in [-0.1, -0.05) is 293 Å². The Morgan fingerprint density at radius 1 is 0.300 bits per heavy atom. The Morgan fingerprint density at radius 3 is 1.35 bits per heavy atom. The maximum absolute atomic E-state index is 2.48. The van der Waals surface area contributed by atoms with Crippen LogP contribution in [-0.4, -0.2) is 0 Å². The average molecular weight is 1040 g/mol. The Balaban J connectivity index is 0.909. The molecule has 0 aromatic heterocycles. The van der Waals surface area contributed by atoms with Crippen LogP contribution in [0.3, 0.4) is 0 Å². The number of benzene rings is 12. The molecule has 15 rings (SSSR count). The van der Waals surface area contributed by atoms with Crippen LogP contribution in [0.5, 0.6) is 0 Å². The fourth-order valence-electron chi connectivity index (χ4n) is 14.2. The third-order valence-corrected chi connectivity index (χ3v) is 18.9. The molecule has 1 aliphatic heterocycles. The van der Waals surface area contributed by atoms with Crippen molar-refractivity contribution in [3.63, 3.8) is 0 Å². The molecule has 0 saturated heterocycles. The highest BCUT2D eigenvalue weighted by Gasteiger charge is 2.47. The smallest absolute Gasteiger partial charge is 0.0723 e. The highest BCUT2D eigenvalue weighted by molar-refractivity contribution is 7.99.